The molecule has 19 nitrogen and oxygen atoms in total. The molecule has 1 aromatic heterocycles. The van der Waals surface area contributed by atoms with Crippen LogP contribution in [0.25, 0.3) is 0 Å². The normalized spacial score (nSPS) is 20.6. The Labute approximate surface area is 414 Å². The van der Waals surface area contributed by atoms with E-state index in [0.717, 1.165) is 55.2 Å². The molecule has 21 heteroatoms. The molecule has 70 heavy (non-hydrogen) atoms. The number of carbonyl (C=O) groups excluding carboxylic acids is 2. The summed E-state index contributed by atoms with van der Waals surface area (Å²) >= 11 is 0. The molecule has 1 aliphatic heterocycles. The molecule has 4 unspecified atom stereocenters. The lowest BCUT2D eigenvalue weighted by atomic mass is 9.99. The Morgan fingerprint density at radius 1 is 0.814 bits per heavy atom. The molecule has 0 aliphatic carbocycles. The summed E-state index contributed by atoms with van der Waals surface area (Å²) in [4.78, 5) is 61.8. The number of aliphatic hydroxyl groups is 3. The second kappa shape index (κ2) is 36.6. The lowest BCUT2D eigenvalue weighted by Gasteiger charge is -2.21. The number of rotatable bonds is 40. The van der Waals surface area contributed by atoms with Crippen LogP contribution in [0.1, 0.15) is 168 Å². The fourth-order valence-electron chi connectivity index (χ4n) is 7.18. The molecular weight excluding hydrogens is 948 g/mol. The fraction of sp³-hybridized carbons (Fsp3) is 0.714. The summed E-state index contributed by atoms with van der Waals surface area (Å²) in [6.45, 7) is 4.29. The number of anilines is 1. The van der Waals surface area contributed by atoms with Crippen LogP contribution in [0.4, 0.5) is 5.82 Å². The van der Waals surface area contributed by atoms with E-state index >= 15 is 0 Å². The second-order valence-corrected chi connectivity index (χ2v) is 20.8. The van der Waals surface area contributed by atoms with Gasteiger partial charge in [-0.05, 0) is 56.9 Å². The Hall–Kier alpha value is -3.32. The zero-order chi connectivity index (χ0) is 51.6. The van der Waals surface area contributed by atoms with Crippen LogP contribution in [-0.4, -0.2) is 96.9 Å². The van der Waals surface area contributed by atoms with Gasteiger partial charge in [0, 0.05) is 19.0 Å². The largest absolute Gasteiger partial charge is 0.481 e. The van der Waals surface area contributed by atoms with Gasteiger partial charge in [-0.25, -0.2) is 13.9 Å². The number of carbonyl (C=O) groups is 2. The predicted molar refractivity (Wildman–Crippen MR) is 267 cm³/mol. The zero-order valence-electron chi connectivity index (χ0n) is 41.6. The van der Waals surface area contributed by atoms with Gasteiger partial charge in [0.2, 0.25) is 0 Å². The molecule has 9 atom stereocenters. The number of hydrogen-bond donors (Lipinski definition) is 6. The predicted octanol–water partition coefficient (Wildman–Crippen LogP) is 8.99. The highest BCUT2D eigenvalue weighted by Gasteiger charge is 2.46. The maximum absolute atomic E-state index is 12.8. The van der Waals surface area contributed by atoms with Crippen molar-refractivity contribution in [3.8, 4) is 0 Å². The van der Waals surface area contributed by atoms with Crippen molar-refractivity contribution in [3.63, 3.8) is 0 Å². The monoisotopic (exact) mass is 1030 g/mol. The number of phosphoric ester groups is 2. The number of phosphoric acid groups is 2. The van der Waals surface area contributed by atoms with E-state index in [-0.39, 0.29) is 18.7 Å². The van der Waals surface area contributed by atoms with Crippen molar-refractivity contribution in [3.05, 3.63) is 71.4 Å². The highest BCUT2D eigenvalue weighted by Crippen LogP contribution is 2.60. The Balaban J connectivity index is 1.86. The fourth-order valence-corrected chi connectivity index (χ4v) is 9.30. The van der Waals surface area contributed by atoms with E-state index in [9.17, 15) is 48.6 Å². The molecule has 1 saturated heterocycles. The van der Waals surface area contributed by atoms with Gasteiger partial charge in [0.25, 0.3) is 0 Å². The van der Waals surface area contributed by atoms with E-state index in [1.54, 1.807) is 18.2 Å². The molecule has 0 aromatic carbocycles. The number of unbranched alkanes of at least 4 members (excludes halogenated alkanes) is 13. The van der Waals surface area contributed by atoms with Gasteiger partial charge in [0.1, 0.15) is 30.7 Å². The lowest BCUT2D eigenvalue weighted by Crippen LogP contribution is -2.36. The van der Waals surface area contributed by atoms with Gasteiger partial charge < -0.3 is 45.1 Å². The highest BCUT2D eigenvalue weighted by molar-refractivity contribution is 7.61. The zero-order valence-corrected chi connectivity index (χ0v) is 43.4. The van der Waals surface area contributed by atoms with Gasteiger partial charge in [-0.3, -0.25) is 23.2 Å². The van der Waals surface area contributed by atoms with Crippen molar-refractivity contribution < 1.29 is 71.4 Å². The van der Waals surface area contributed by atoms with Gasteiger partial charge in [0.05, 0.1) is 19.3 Å². The first-order valence-electron chi connectivity index (χ1n) is 25.2. The van der Waals surface area contributed by atoms with Crippen LogP contribution in [0.2, 0.25) is 0 Å². The van der Waals surface area contributed by atoms with Crippen molar-refractivity contribution in [2.24, 2.45) is 5.92 Å². The standard InChI is InChI=1S/C49H83N3O16P2/c1-4-6-7-8-9-12-16-20-25-30-40(53)31-26-21-18-23-28-33-45(55)66-41(36-63-44(54)32-27-22-17-14-11-10-13-15-19-24-29-39(3)5-2)37-64-69(59,60)68-70(61,62)65-38-42-46(56)47(57)48(67-42)52-35-34-43(50)51-49(52)58/h9,12,18,20-21,25-26,31,34-35,39-42,46-48,53,56-57H,4-8,10-11,13-17,19,22-24,27-30,32-33,36-38H2,1-3H3,(H,59,60)(H,61,62)(H2,50,51,58)/b12-9-,21-18+,25-20-,31-26-/t39?,40?,41-,42-,46-,47-,48-/m1/s1. The number of aromatic nitrogens is 2. The van der Waals surface area contributed by atoms with Crippen LogP contribution < -0.4 is 11.4 Å². The first-order valence-corrected chi connectivity index (χ1v) is 28.1. The van der Waals surface area contributed by atoms with Crippen molar-refractivity contribution in [1.29, 1.82) is 0 Å². The highest BCUT2D eigenvalue weighted by atomic mass is 31.3. The Kier molecular flexibility index (Phi) is 32.8. The van der Waals surface area contributed by atoms with Crippen LogP contribution in [-0.2, 0) is 46.3 Å². The van der Waals surface area contributed by atoms with Crippen LogP contribution in [0.15, 0.2) is 65.7 Å². The number of nitrogens with two attached hydrogens (primary N) is 1. The summed E-state index contributed by atoms with van der Waals surface area (Å²) in [6, 6.07) is 1.24. The summed E-state index contributed by atoms with van der Waals surface area (Å²) < 4.78 is 56.6. The molecule has 2 rings (SSSR count). The third kappa shape index (κ3) is 29.3. The van der Waals surface area contributed by atoms with Crippen molar-refractivity contribution in [1.82, 2.24) is 9.55 Å². The Bertz CT molecular complexity index is 1890. The van der Waals surface area contributed by atoms with Gasteiger partial charge in [-0.2, -0.15) is 9.29 Å². The van der Waals surface area contributed by atoms with Crippen LogP contribution in [0.5, 0.6) is 0 Å². The SMILES string of the molecule is CCCCC/C=C\C/C=C\CC(O)/C=C\C=C\CCCC(=O)O[C@H](COC(=O)CCCCCCCCCCCCC(C)CC)COP(=O)(O)OP(=O)(O)OC[C@H]1O[C@@H](n2ccc(N)nc2=O)[C@H](O)[C@@H]1O. The van der Waals surface area contributed by atoms with E-state index in [4.69, 9.17) is 29.0 Å². The van der Waals surface area contributed by atoms with Gasteiger partial charge in [-0.1, -0.05) is 153 Å². The molecule has 0 radical (unpaired) electrons. The van der Waals surface area contributed by atoms with Crippen LogP contribution >= 0.6 is 15.6 Å². The quantitative estimate of drug-likeness (QED) is 0.0117. The molecule has 1 aliphatic rings. The van der Waals surface area contributed by atoms with Gasteiger partial charge in [-0.15, -0.1) is 0 Å². The summed E-state index contributed by atoms with van der Waals surface area (Å²) in [5.41, 5.74) is 4.57. The third-order valence-electron chi connectivity index (χ3n) is 11.5. The maximum Gasteiger partial charge on any atom is 0.481 e. The number of nitrogens with zero attached hydrogens (tertiary/aromatic N) is 2. The molecule has 0 bridgehead atoms. The molecule has 0 saturated carbocycles. The van der Waals surface area contributed by atoms with Crippen LogP contribution in [0.3, 0.4) is 0 Å². The van der Waals surface area contributed by atoms with E-state index in [2.05, 4.69) is 42.2 Å². The lowest BCUT2D eigenvalue weighted by molar-refractivity contribution is -0.161. The first kappa shape index (κ1) is 62.8. The second-order valence-electron chi connectivity index (χ2n) is 17.8. The average molecular weight is 1030 g/mol. The Morgan fingerprint density at radius 3 is 2.14 bits per heavy atom. The first-order chi connectivity index (χ1) is 33.5. The van der Waals surface area contributed by atoms with E-state index < -0.39 is 89.8 Å². The number of hydrogen-bond acceptors (Lipinski definition) is 16. The molecule has 1 fully saturated rings. The molecule has 1 aromatic rings. The molecule has 2 heterocycles. The minimum atomic E-state index is -5.45. The maximum atomic E-state index is 12.8. The average Bonchev–Trinajstić information content (AvgIpc) is 3.59. The van der Waals surface area contributed by atoms with Crippen molar-refractivity contribution in [2.75, 3.05) is 25.6 Å². The molecule has 400 valence electrons. The smallest absolute Gasteiger partial charge is 0.462 e. The van der Waals surface area contributed by atoms with Gasteiger partial charge in [0.15, 0.2) is 12.3 Å². The van der Waals surface area contributed by atoms with E-state index in [1.165, 1.54) is 70.3 Å². The van der Waals surface area contributed by atoms with E-state index in [0.29, 0.717) is 25.7 Å². The molecule has 0 amide bonds. The number of ether oxygens (including phenoxy) is 3. The van der Waals surface area contributed by atoms with Crippen LogP contribution in [0, 0.1) is 5.92 Å². The number of nitrogen functional groups attached to an aromatic ring is 1. The Morgan fingerprint density at radius 2 is 1.46 bits per heavy atom. The van der Waals surface area contributed by atoms with E-state index in [1.807, 2.05) is 18.2 Å². The van der Waals surface area contributed by atoms with Gasteiger partial charge >= 0.3 is 33.3 Å². The van der Waals surface area contributed by atoms with Crippen molar-refractivity contribution >= 4 is 33.4 Å². The number of esters is 2. The topological polar surface area (TPSA) is 286 Å². The summed E-state index contributed by atoms with van der Waals surface area (Å²) in [6.07, 6.45) is 28.0. The summed E-state index contributed by atoms with van der Waals surface area (Å²) in [7, 11) is -10.9. The summed E-state index contributed by atoms with van der Waals surface area (Å²) in [5, 5.41) is 31.1. The molecule has 7 N–H and O–H groups in total. The summed E-state index contributed by atoms with van der Waals surface area (Å²) in [5.74, 6) is -0.638. The minimum absolute atomic E-state index is 0.0850. The molecular formula is C49H83N3O16P2. The molecule has 0 spiro atoms. The van der Waals surface area contributed by atoms with Crippen molar-refractivity contribution in [2.45, 2.75) is 199 Å². The minimum Gasteiger partial charge on any atom is -0.462 e. The number of aliphatic hydroxyl groups excluding tert-OH is 3. The number of allylic oxidation sites excluding steroid dienone is 6. The third-order valence-corrected chi connectivity index (χ3v) is 14.1.